The Kier molecular flexibility index (Phi) is 6.12. The van der Waals surface area contributed by atoms with E-state index in [4.69, 9.17) is 0 Å². The lowest BCUT2D eigenvalue weighted by molar-refractivity contribution is -0.137. The second-order valence-electron chi connectivity index (χ2n) is 7.89. The predicted molar refractivity (Wildman–Crippen MR) is 103 cm³/mol. The van der Waals surface area contributed by atoms with E-state index in [0.29, 0.717) is 31.4 Å². The Labute approximate surface area is 163 Å². The van der Waals surface area contributed by atoms with Crippen LogP contribution in [-0.2, 0) is 12.6 Å². The van der Waals surface area contributed by atoms with E-state index in [1.807, 2.05) is 31.2 Å². The van der Waals surface area contributed by atoms with Crippen LogP contribution >= 0.6 is 0 Å². The first-order chi connectivity index (χ1) is 13.1. The number of piperidine rings is 1. The number of aliphatic hydroxyl groups is 2. The largest absolute Gasteiger partial charge is 0.416 e. The van der Waals surface area contributed by atoms with Crippen molar-refractivity contribution >= 4 is 0 Å². The molecule has 2 aromatic rings. The predicted octanol–water partition coefficient (Wildman–Crippen LogP) is 4.12. The molecule has 0 aliphatic carbocycles. The normalized spacial score (nSPS) is 18.8. The van der Waals surface area contributed by atoms with Crippen molar-refractivity contribution in [2.75, 3.05) is 19.6 Å². The zero-order valence-corrected chi connectivity index (χ0v) is 15.9. The van der Waals surface area contributed by atoms with E-state index in [0.717, 1.165) is 36.3 Å². The van der Waals surface area contributed by atoms with E-state index in [1.54, 1.807) is 0 Å². The van der Waals surface area contributed by atoms with Crippen LogP contribution in [0.25, 0.3) is 11.1 Å². The van der Waals surface area contributed by atoms with Gasteiger partial charge in [0.05, 0.1) is 17.3 Å². The van der Waals surface area contributed by atoms with Crippen molar-refractivity contribution in [1.82, 2.24) is 4.90 Å². The van der Waals surface area contributed by atoms with Crippen molar-refractivity contribution < 1.29 is 23.4 Å². The summed E-state index contributed by atoms with van der Waals surface area (Å²) in [7, 11) is 0. The van der Waals surface area contributed by atoms with E-state index < -0.39 is 23.4 Å². The minimum Gasteiger partial charge on any atom is -0.391 e. The number of halogens is 3. The van der Waals surface area contributed by atoms with Crippen molar-refractivity contribution in [2.24, 2.45) is 0 Å². The summed E-state index contributed by atoms with van der Waals surface area (Å²) >= 11 is 0. The van der Waals surface area contributed by atoms with Gasteiger partial charge in [-0.3, -0.25) is 0 Å². The summed E-state index contributed by atoms with van der Waals surface area (Å²) in [5.74, 6) is 0. The zero-order chi connectivity index (χ0) is 20.4. The maximum atomic E-state index is 12.8. The fraction of sp³-hybridized carbons (Fsp3) is 0.455. The lowest BCUT2D eigenvalue weighted by atomic mass is 9.92. The monoisotopic (exact) mass is 393 g/mol. The smallest absolute Gasteiger partial charge is 0.391 e. The fourth-order valence-electron chi connectivity index (χ4n) is 3.65. The highest BCUT2D eigenvalue weighted by Gasteiger charge is 2.30. The molecule has 2 aromatic carbocycles. The average Bonchev–Trinajstić information content (AvgIpc) is 2.63. The molecule has 0 spiro atoms. The van der Waals surface area contributed by atoms with E-state index in [-0.39, 0.29) is 0 Å². The van der Waals surface area contributed by atoms with Gasteiger partial charge in [-0.15, -0.1) is 0 Å². The van der Waals surface area contributed by atoms with E-state index in [2.05, 4.69) is 4.90 Å². The van der Waals surface area contributed by atoms with Gasteiger partial charge in [-0.2, -0.15) is 13.2 Å². The number of likely N-dealkylation sites (tertiary alicyclic amines) is 1. The van der Waals surface area contributed by atoms with Crippen molar-refractivity contribution in [3.63, 3.8) is 0 Å². The van der Waals surface area contributed by atoms with Crippen LogP contribution in [0, 0.1) is 0 Å². The van der Waals surface area contributed by atoms with Gasteiger partial charge in [0.25, 0.3) is 0 Å². The molecule has 0 bridgehead atoms. The highest BCUT2D eigenvalue weighted by atomic mass is 19.4. The number of rotatable bonds is 5. The van der Waals surface area contributed by atoms with Gasteiger partial charge in [-0.05, 0) is 48.6 Å². The molecule has 1 aliphatic rings. The second kappa shape index (κ2) is 8.23. The molecule has 152 valence electrons. The summed E-state index contributed by atoms with van der Waals surface area (Å²) in [4.78, 5) is 2.14. The van der Waals surface area contributed by atoms with Crippen molar-refractivity contribution in [3.05, 3.63) is 59.7 Å². The number of benzene rings is 2. The van der Waals surface area contributed by atoms with Crippen molar-refractivity contribution in [1.29, 1.82) is 0 Å². The first-order valence-electron chi connectivity index (χ1n) is 9.52. The molecule has 3 rings (SSSR count). The Morgan fingerprint density at radius 3 is 2.25 bits per heavy atom. The molecule has 0 amide bonds. The summed E-state index contributed by atoms with van der Waals surface area (Å²) < 4.78 is 38.4. The van der Waals surface area contributed by atoms with Crippen LogP contribution in [0.4, 0.5) is 13.2 Å². The Hall–Kier alpha value is -1.89. The Balaban J connectivity index is 1.68. The molecule has 1 fully saturated rings. The molecule has 1 aliphatic heterocycles. The van der Waals surface area contributed by atoms with Crippen LogP contribution in [0.2, 0.25) is 0 Å². The third-order valence-corrected chi connectivity index (χ3v) is 5.40. The lowest BCUT2D eigenvalue weighted by Gasteiger charge is -2.36. The first-order valence-corrected chi connectivity index (χ1v) is 9.52. The van der Waals surface area contributed by atoms with Gasteiger partial charge >= 0.3 is 6.18 Å². The minimum atomic E-state index is -4.35. The molecule has 6 heteroatoms. The lowest BCUT2D eigenvalue weighted by Crippen LogP contribution is -2.45. The molecule has 28 heavy (non-hydrogen) atoms. The number of β-amino-alcohol motifs (C(OH)–C–C–N with tert-alkyl or cyclic N) is 1. The van der Waals surface area contributed by atoms with Gasteiger partial charge < -0.3 is 15.1 Å². The van der Waals surface area contributed by atoms with Crippen LogP contribution in [-0.4, -0.2) is 46.5 Å². The molecular weight excluding hydrogens is 367 g/mol. The highest BCUT2D eigenvalue weighted by molar-refractivity contribution is 5.67. The van der Waals surface area contributed by atoms with Crippen LogP contribution in [0.3, 0.4) is 0 Å². The summed E-state index contributed by atoms with van der Waals surface area (Å²) in [6, 6.07) is 12.6. The molecule has 3 nitrogen and oxygen atoms in total. The molecule has 2 N–H and O–H groups in total. The van der Waals surface area contributed by atoms with Crippen LogP contribution in [0.1, 0.15) is 30.9 Å². The Morgan fingerprint density at radius 2 is 1.64 bits per heavy atom. The molecule has 1 saturated heterocycles. The maximum Gasteiger partial charge on any atom is 0.416 e. The highest BCUT2D eigenvalue weighted by Crippen LogP contribution is 2.32. The molecular formula is C22H26F3NO2. The summed E-state index contributed by atoms with van der Waals surface area (Å²) in [6.07, 6.45) is -3.15. The molecule has 0 aromatic heterocycles. The number of hydrogen-bond acceptors (Lipinski definition) is 3. The van der Waals surface area contributed by atoms with Crippen molar-refractivity contribution in [3.8, 4) is 11.1 Å². The molecule has 1 atom stereocenters. The summed E-state index contributed by atoms with van der Waals surface area (Å²) in [5, 5.41) is 20.6. The number of aliphatic hydroxyl groups excluding tert-OH is 1. The van der Waals surface area contributed by atoms with Crippen LogP contribution in [0.5, 0.6) is 0 Å². The third kappa shape index (κ3) is 5.34. The molecule has 1 heterocycles. The van der Waals surface area contributed by atoms with Gasteiger partial charge in [-0.25, -0.2) is 0 Å². The number of nitrogens with zero attached hydrogens (tertiary/aromatic N) is 1. The SMILES string of the molecule is CC1(O)CCN(CC(O)Cc2ccccc2-c2ccc(C(F)(F)F)cc2)CC1. The van der Waals surface area contributed by atoms with Crippen LogP contribution in [0.15, 0.2) is 48.5 Å². The molecule has 0 saturated carbocycles. The van der Waals surface area contributed by atoms with Gasteiger partial charge in [0.15, 0.2) is 0 Å². The zero-order valence-electron chi connectivity index (χ0n) is 15.9. The quantitative estimate of drug-likeness (QED) is 0.803. The third-order valence-electron chi connectivity index (χ3n) is 5.40. The van der Waals surface area contributed by atoms with Crippen LogP contribution < -0.4 is 0 Å². The summed E-state index contributed by atoms with van der Waals surface area (Å²) in [6.45, 7) is 3.83. The van der Waals surface area contributed by atoms with Gasteiger partial charge in [0.1, 0.15) is 0 Å². The van der Waals surface area contributed by atoms with Gasteiger partial charge in [0.2, 0.25) is 0 Å². The topological polar surface area (TPSA) is 43.7 Å². The average molecular weight is 393 g/mol. The fourth-order valence-corrected chi connectivity index (χ4v) is 3.65. The van der Waals surface area contributed by atoms with Crippen molar-refractivity contribution in [2.45, 2.75) is 44.1 Å². The molecule has 0 radical (unpaired) electrons. The number of hydrogen-bond donors (Lipinski definition) is 2. The second-order valence-corrected chi connectivity index (χ2v) is 7.89. The van der Waals surface area contributed by atoms with Gasteiger partial charge in [-0.1, -0.05) is 36.4 Å². The Bertz CT molecular complexity index is 777. The van der Waals surface area contributed by atoms with E-state index >= 15 is 0 Å². The Morgan fingerprint density at radius 1 is 1.04 bits per heavy atom. The number of alkyl halides is 3. The van der Waals surface area contributed by atoms with Gasteiger partial charge in [0, 0.05) is 26.1 Å². The molecule has 1 unspecified atom stereocenters. The first kappa shape index (κ1) is 20.8. The standard InChI is InChI=1S/C22H26F3NO2/c1-21(28)10-12-26(13-11-21)15-19(27)14-17-4-2-3-5-20(17)16-6-8-18(9-7-16)22(23,24)25/h2-9,19,27-28H,10-15H2,1H3. The minimum absolute atomic E-state index is 0.421. The summed E-state index contributed by atoms with van der Waals surface area (Å²) in [5.41, 5.74) is 1.13. The maximum absolute atomic E-state index is 12.8. The van der Waals surface area contributed by atoms with E-state index in [9.17, 15) is 23.4 Å². The van der Waals surface area contributed by atoms with E-state index in [1.165, 1.54) is 12.1 Å².